The van der Waals surface area contributed by atoms with Crippen molar-refractivity contribution < 1.29 is 19.7 Å². The van der Waals surface area contributed by atoms with Crippen molar-refractivity contribution in [2.45, 2.75) is 20.0 Å². The van der Waals surface area contributed by atoms with Crippen LogP contribution in [0.15, 0.2) is 24.3 Å². The van der Waals surface area contributed by atoms with Gasteiger partial charge in [0.05, 0.1) is 12.7 Å². The van der Waals surface area contributed by atoms with Gasteiger partial charge in [-0.25, -0.2) is 4.79 Å². The summed E-state index contributed by atoms with van der Waals surface area (Å²) in [6, 6.07) is 1.83. The van der Waals surface area contributed by atoms with Crippen molar-refractivity contribution in [2.24, 2.45) is 0 Å². The molecule has 1 saturated heterocycles. The van der Waals surface area contributed by atoms with Gasteiger partial charge in [0.15, 0.2) is 0 Å². The molecule has 1 N–H and O–H groups in total. The quantitative estimate of drug-likeness (QED) is 0.341. The van der Waals surface area contributed by atoms with Crippen molar-refractivity contribution in [1.29, 1.82) is 5.26 Å². The first-order chi connectivity index (χ1) is 6.97. The summed E-state index contributed by atoms with van der Waals surface area (Å²) in [6.07, 6.45) is 0.142. The number of hydrogen-bond acceptors (Lipinski definition) is 4. The van der Waals surface area contributed by atoms with Gasteiger partial charge in [0.2, 0.25) is 0 Å². The normalized spacial score (nSPS) is 15.4. The smallest absolute Gasteiger partial charge is 0.333 e. The zero-order valence-corrected chi connectivity index (χ0v) is 9.52. The van der Waals surface area contributed by atoms with Crippen LogP contribution in [0.5, 0.6) is 0 Å². The molecule has 16 heavy (non-hydrogen) atoms. The Balaban J connectivity index is 0. The zero-order chi connectivity index (χ0) is 11.8. The van der Waals surface area contributed by atoms with Crippen LogP contribution in [0.2, 0.25) is 0 Å². The maximum Gasteiger partial charge on any atom is 0.333 e. The van der Waals surface area contributed by atoms with Crippen LogP contribution < -0.4 is 0 Å². The number of esters is 1. The molecule has 0 aromatic rings. The number of nitrogens with zero attached hydrogens (tertiary/aromatic N) is 1. The number of carbonyl (C=O) groups is 1. The molecule has 0 amide bonds. The van der Waals surface area contributed by atoms with Gasteiger partial charge in [0.25, 0.3) is 0 Å². The number of nitriles is 1. The minimum atomic E-state index is -0.337. The largest absolute Gasteiger partial charge is 0.459 e. The van der Waals surface area contributed by atoms with Gasteiger partial charge in [-0.1, -0.05) is 13.2 Å². The molecule has 0 spiro atoms. The molecule has 1 radical (unpaired) electrons. The molecule has 0 bridgehead atoms. The second kappa shape index (κ2) is 8.65. The molecule has 1 fully saturated rings. The average molecular weight is 226 g/mol. The summed E-state index contributed by atoms with van der Waals surface area (Å²) in [6.45, 7) is 11.1. The predicted molar refractivity (Wildman–Crippen MR) is 57.9 cm³/mol. The summed E-state index contributed by atoms with van der Waals surface area (Å²) in [7, 11) is 0. The Morgan fingerprint density at radius 2 is 2.00 bits per heavy atom. The Kier molecular flexibility index (Phi) is 9.07. The summed E-state index contributed by atoms with van der Waals surface area (Å²) < 4.78 is 9.60. The molecule has 1 aliphatic heterocycles. The van der Waals surface area contributed by atoms with Crippen molar-refractivity contribution in [2.75, 3.05) is 13.2 Å². The van der Waals surface area contributed by atoms with Gasteiger partial charge in [0.1, 0.15) is 12.7 Å². The van der Waals surface area contributed by atoms with E-state index in [0.29, 0.717) is 24.4 Å². The molecule has 1 heterocycles. The number of rotatable bonds is 3. The van der Waals surface area contributed by atoms with E-state index in [0.717, 1.165) is 0 Å². The van der Waals surface area contributed by atoms with E-state index in [4.69, 9.17) is 14.7 Å². The molecule has 0 aromatic carbocycles. The molecule has 89 valence electrons. The van der Waals surface area contributed by atoms with Gasteiger partial charge in [-0.2, -0.15) is 5.26 Å². The van der Waals surface area contributed by atoms with Crippen LogP contribution in [0.25, 0.3) is 0 Å². The molecular formula is C11H16NO4. The first kappa shape index (κ1) is 16.8. The summed E-state index contributed by atoms with van der Waals surface area (Å²) in [5, 5.41) is 7.79. The number of epoxide rings is 1. The fourth-order valence-electron chi connectivity index (χ4n) is 0.456. The lowest BCUT2D eigenvalue weighted by atomic mass is 10.4. The van der Waals surface area contributed by atoms with Crippen molar-refractivity contribution in [1.82, 2.24) is 0 Å². The van der Waals surface area contributed by atoms with Crippen molar-refractivity contribution in [3.05, 3.63) is 24.3 Å². The van der Waals surface area contributed by atoms with Gasteiger partial charge in [-0.3, -0.25) is 5.48 Å². The highest BCUT2D eigenvalue weighted by Crippen LogP contribution is 2.09. The van der Waals surface area contributed by atoms with Crippen LogP contribution in [0.4, 0.5) is 0 Å². The molecule has 1 aliphatic rings. The van der Waals surface area contributed by atoms with Crippen LogP contribution in [0.3, 0.4) is 0 Å². The summed E-state index contributed by atoms with van der Waals surface area (Å²) in [4.78, 5) is 10.7. The van der Waals surface area contributed by atoms with Gasteiger partial charge in [-0.15, -0.1) is 0 Å². The van der Waals surface area contributed by atoms with E-state index in [1.165, 1.54) is 0 Å². The third-order valence-corrected chi connectivity index (χ3v) is 1.34. The number of ether oxygens (including phenoxy) is 2. The predicted octanol–water partition coefficient (Wildman–Crippen LogP) is 1.41. The SMILES string of the molecule is C=C(C)C#N.C=C(C)C(=O)OCC1CO1.[OH]. The van der Waals surface area contributed by atoms with Gasteiger partial charge in [-0.05, 0) is 13.8 Å². The third kappa shape index (κ3) is 10.4. The van der Waals surface area contributed by atoms with Crippen LogP contribution in [-0.4, -0.2) is 30.8 Å². The first-order valence-electron chi connectivity index (χ1n) is 4.47. The monoisotopic (exact) mass is 226 g/mol. The highest BCUT2D eigenvalue weighted by atomic mass is 16.6. The number of allylic oxidation sites excluding steroid dienone is 1. The number of hydrogen-bond donors (Lipinski definition) is 1. The molecule has 5 heteroatoms. The standard InChI is InChI=1S/C7H10O3.C4H5N.HO/c1-5(2)7(8)10-4-6-3-9-6;1-4(2)3-5;/h6H,1,3-4H2,2H3;1H2,2H3;1H. The van der Waals surface area contributed by atoms with Gasteiger partial charge < -0.3 is 9.47 Å². The van der Waals surface area contributed by atoms with E-state index in [9.17, 15) is 4.79 Å². The molecular weight excluding hydrogens is 210 g/mol. The summed E-state index contributed by atoms with van der Waals surface area (Å²) >= 11 is 0. The Morgan fingerprint density at radius 3 is 2.25 bits per heavy atom. The van der Waals surface area contributed by atoms with E-state index in [1.54, 1.807) is 13.8 Å². The van der Waals surface area contributed by atoms with Crippen molar-refractivity contribution in [3.63, 3.8) is 0 Å². The maximum atomic E-state index is 10.7. The first-order valence-corrected chi connectivity index (χ1v) is 4.47. The van der Waals surface area contributed by atoms with E-state index in [1.807, 2.05) is 6.07 Å². The van der Waals surface area contributed by atoms with Crippen molar-refractivity contribution in [3.8, 4) is 6.07 Å². The highest BCUT2D eigenvalue weighted by molar-refractivity contribution is 5.86. The van der Waals surface area contributed by atoms with E-state index in [2.05, 4.69) is 13.2 Å². The Labute approximate surface area is 95.3 Å². The molecule has 1 unspecified atom stereocenters. The van der Waals surface area contributed by atoms with E-state index < -0.39 is 0 Å². The minimum Gasteiger partial charge on any atom is -0.459 e. The highest BCUT2D eigenvalue weighted by Gasteiger charge is 2.24. The summed E-state index contributed by atoms with van der Waals surface area (Å²) in [5.41, 5.74) is 0.991. The average Bonchev–Trinajstić information content (AvgIpc) is 2.98. The fourth-order valence-corrected chi connectivity index (χ4v) is 0.456. The topological polar surface area (TPSA) is 92.6 Å². The zero-order valence-electron chi connectivity index (χ0n) is 9.52. The molecule has 5 nitrogen and oxygen atoms in total. The van der Waals surface area contributed by atoms with Gasteiger partial charge in [0, 0.05) is 11.1 Å². The van der Waals surface area contributed by atoms with Crippen LogP contribution in [0.1, 0.15) is 13.8 Å². The van der Waals surface area contributed by atoms with E-state index in [-0.39, 0.29) is 17.5 Å². The lowest BCUT2D eigenvalue weighted by Gasteiger charge is -1.99. The minimum absolute atomic E-state index is 0. The molecule has 0 saturated carbocycles. The fraction of sp³-hybridized carbons (Fsp3) is 0.455. The second-order valence-corrected chi connectivity index (χ2v) is 3.23. The lowest BCUT2D eigenvalue weighted by molar-refractivity contribution is -0.139. The second-order valence-electron chi connectivity index (χ2n) is 3.23. The molecule has 1 atom stereocenters. The van der Waals surface area contributed by atoms with E-state index >= 15 is 0 Å². The van der Waals surface area contributed by atoms with Crippen molar-refractivity contribution >= 4 is 5.97 Å². The maximum absolute atomic E-state index is 10.7. The van der Waals surface area contributed by atoms with Crippen LogP contribution in [0, 0.1) is 11.3 Å². The van der Waals surface area contributed by atoms with Crippen LogP contribution >= 0.6 is 0 Å². The molecule has 0 aromatic heterocycles. The number of carbonyl (C=O) groups excluding carboxylic acids is 1. The van der Waals surface area contributed by atoms with Crippen LogP contribution in [-0.2, 0) is 14.3 Å². The Hall–Kier alpha value is -1.64. The molecule has 0 aliphatic carbocycles. The summed E-state index contributed by atoms with van der Waals surface area (Å²) in [5.74, 6) is -0.337. The Bertz CT molecular complexity index is 300. The molecule has 1 rings (SSSR count). The van der Waals surface area contributed by atoms with Gasteiger partial charge >= 0.3 is 5.97 Å². The Morgan fingerprint density at radius 1 is 1.56 bits per heavy atom. The third-order valence-electron chi connectivity index (χ3n) is 1.34. The lowest BCUT2D eigenvalue weighted by Crippen LogP contribution is -2.09.